The number of Topliss-reactive ketones (excluding diaryl/α,β-unsaturated/α-hetero) is 1. The van der Waals surface area contributed by atoms with Crippen LogP contribution in [0.5, 0.6) is 0 Å². The molecule has 0 atom stereocenters. The van der Waals surface area contributed by atoms with Crippen molar-refractivity contribution in [3.63, 3.8) is 0 Å². The number of unbranched alkanes of at least 4 members (excludes halogenated alkanes) is 11. The van der Waals surface area contributed by atoms with E-state index in [4.69, 9.17) is 10.8 Å². The lowest BCUT2D eigenvalue weighted by molar-refractivity contribution is -0.137. The van der Waals surface area contributed by atoms with Gasteiger partial charge in [-0.2, -0.15) is 0 Å². The number of carbonyl (C=O) groups is 2. The first kappa shape index (κ1) is 25.0. The summed E-state index contributed by atoms with van der Waals surface area (Å²) in [6, 6.07) is 5.10. The maximum Gasteiger partial charge on any atom is 0.303 e. The lowest BCUT2D eigenvalue weighted by atomic mass is 9.97. The third-order valence-corrected chi connectivity index (χ3v) is 5.27. The Bertz CT molecular complexity index is 627. The number of ketones is 1. The van der Waals surface area contributed by atoms with Crippen molar-refractivity contribution in [2.45, 2.75) is 96.4 Å². The highest BCUT2D eigenvalue weighted by atomic mass is 16.4. The molecule has 3 N–H and O–H groups in total. The molecule has 0 aliphatic heterocycles. The Kier molecular flexibility index (Phi) is 13.7. The maximum atomic E-state index is 12.4. The van der Waals surface area contributed by atoms with Crippen LogP contribution in [0, 0.1) is 0 Å². The van der Waals surface area contributed by atoms with Crippen LogP contribution in [0.15, 0.2) is 18.2 Å². The van der Waals surface area contributed by atoms with Gasteiger partial charge in [-0.1, -0.05) is 70.3 Å². The summed E-state index contributed by atoms with van der Waals surface area (Å²) in [6.07, 6.45) is 15.9. The SMILES string of the molecule is NCc1ccc([C]=O)c(C(=O)CCCCCCCCCCCCCCC(=O)O)c1. The Hall–Kier alpha value is -2.01. The van der Waals surface area contributed by atoms with Gasteiger partial charge in [0.25, 0.3) is 0 Å². The highest BCUT2D eigenvalue weighted by molar-refractivity contribution is 6.03. The molecular formula is C24H36NO4. The molecule has 1 aromatic rings. The van der Waals surface area contributed by atoms with E-state index in [1.54, 1.807) is 18.2 Å². The van der Waals surface area contributed by atoms with Gasteiger partial charge >= 0.3 is 5.97 Å². The molecule has 0 aromatic heterocycles. The van der Waals surface area contributed by atoms with E-state index in [0.29, 0.717) is 30.5 Å². The molecule has 1 radical (unpaired) electrons. The summed E-state index contributed by atoms with van der Waals surface area (Å²) in [4.78, 5) is 33.8. The van der Waals surface area contributed by atoms with Gasteiger partial charge in [0.05, 0.1) is 0 Å². The second-order valence-electron chi connectivity index (χ2n) is 7.75. The number of carbonyl (C=O) groups excluding carboxylic acids is 2. The minimum atomic E-state index is -0.695. The summed E-state index contributed by atoms with van der Waals surface area (Å²) in [5.41, 5.74) is 7.25. The zero-order chi connectivity index (χ0) is 21.3. The van der Waals surface area contributed by atoms with E-state index in [-0.39, 0.29) is 5.78 Å². The number of benzene rings is 1. The fourth-order valence-electron chi connectivity index (χ4n) is 3.50. The van der Waals surface area contributed by atoms with Crippen molar-refractivity contribution in [3.8, 4) is 0 Å². The van der Waals surface area contributed by atoms with Gasteiger partial charge in [0.2, 0.25) is 6.29 Å². The summed E-state index contributed by atoms with van der Waals surface area (Å²) in [6.45, 7) is 0.351. The summed E-state index contributed by atoms with van der Waals surface area (Å²) in [5.74, 6) is -0.693. The molecule has 0 amide bonds. The van der Waals surface area contributed by atoms with Crippen molar-refractivity contribution in [3.05, 3.63) is 34.9 Å². The quantitative estimate of drug-likeness (QED) is 0.255. The van der Waals surface area contributed by atoms with E-state index < -0.39 is 5.97 Å². The first-order valence-electron chi connectivity index (χ1n) is 11.0. The Morgan fingerprint density at radius 3 is 1.72 bits per heavy atom. The third kappa shape index (κ3) is 11.5. The first-order chi connectivity index (χ1) is 14.1. The standard InChI is InChI=1S/C24H36NO4/c25-18-20-15-16-21(19-26)22(17-20)23(27)13-11-9-7-5-3-1-2-4-6-8-10-12-14-24(28)29/h15-17H,1-14,18,25H2,(H,28,29). The topological polar surface area (TPSA) is 97.5 Å². The van der Waals surface area contributed by atoms with Crippen molar-refractivity contribution < 1.29 is 19.5 Å². The van der Waals surface area contributed by atoms with Gasteiger partial charge in [-0.3, -0.25) is 14.4 Å². The van der Waals surface area contributed by atoms with E-state index in [1.165, 1.54) is 38.5 Å². The third-order valence-electron chi connectivity index (χ3n) is 5.27. The molecular weight excluding hydrogens is 366 g/mol. The van der Waals surface area contributed by atoms with Crippen LogP contribution in [0.25, 0.3) is 0 Å². The molecule has 0 heterocycles. The first-order valence-corrected chi connectivity index (χ1v) is 11.0. The molecule has 1 rings (SSSR count). The molecule has 0 unspecified atom stereocenters. The van der Waals surface area contributed by atoms with Crippen LogP contribution in [0.1, 0.15) is 111 Å². The molecule has 0 fully saturated rings. The number of nitrogens with two attached hydrogens (primary N) is 1. The number of hydrogen-bond acceptors (Lipinski definition) is 4. The van der Waals surface area contributed by atoms with Crippen LogP contribution in [0.3, 0.4) is 0 Å². The molecule has 0 spiro atoms. The van der Waals surface area contributed by atoms with Gasteiger partial charge in [-0.25, -0.2) is 0 Å². The number of hydrogen-bond donors (Lipinski definition) is 2. The lowest BCUT2D eigenvalue weighted by Crippen LogP contribution is -2.06. The highest BCUT2D eigenvalue weighted by Gasteiger charge is 2.12. The Morgan fingerprint density at radius 2 is 1.28 bits per heavy atom. The van der Waals surface area contributed by atoms with Crippen LogP contribution in [-0.4, -0.2) is 23.1 Å². The zero-order valence-electron chi connectivity index (χ0n) is 17.6. The second kappa shape index (κ2) is 15.9. The molecule has 29 heavy (non-hydrogen) atoms. The number of carboxylic acid groups (broad SMARTS) is 1. The molecule has 0 aliphatic carbocycles. The number of aliphatic carboxylic acids is 1. The van der Waals surface area contributed by atoms with Crippen molar-refractivity contribution in [2.75, 3.05) is 0 Å². The monoisotopic (exact) mass is 402 g/mol. The molecule has 161 valence electrons. The summed E-state index contributed by atoms with van der Waals surface area (Å²) >= 11 is 0. The summed E-state index contributed by atoms with van der Waals surface area (Å²) in [5, 5.41) is 8.58. The Labute approximate surface area is 175 Å². The van der Waals surface area contributed by atoms with Crippen LogP contribution in [0.4, 0.5) is 0 Å². The van der Waals surface area contributed by atoms with Crippen LogP contribution >= 0.6 is 0 Å². The van der Waals surface area contributed by atoms with Gasteiger partial charge < -0.3 is 10.8 Å². The van der Waals surface area contributed by atoms with Gasteiger partial charge in [0, 0.05) is 30.5 Å². The molecule has 0 bridgehead atoms. The average Bonchev–Trinajstić information content (AvgIpc) is 2.73. The average molecular weight is 403 g/mol. The largest absolute Gasteiger partial charge is 0.481 e. The molecule has 5 heteroatoms. The summed E-state index contributed by atoms with van der Waals surface area (Å²) < 4.78 is 0. The maximum absolute atomic E-state index is 12.4. The molecule has 5 nitrogen and oxygen atoms in total. The molecule has 0 aliphatic rings. The van der Waals surface area contributed by atoms with Gasteiger partial charge in [-0.15, -0.1) is 0 Å². The number of rotatable bonds is 18. The predicted molar refractivity (Wildman–Crippen MR) is 116 cm³/mol. The van der Waals surface area contributed by atoms with Crippen LogP contribution in [-0.2, 0) is 16.1 Å². The minimum Gasteiger partial charge on any atom is -0.481 e. The Balaban J connectivity index is 2.01. The predicted octanol–water partition coefficient (Wildman–Crippen LogP) is 5.33. The normalized spacial score (nSPS) is 10.8. The van der Waals surface area contributed by atoms with E-state index >= 15 is 0 Å². The van der Waals surface area contributed by atoms with Crippen molar-refractivity contribution in [1.29, 1.82) is 0 Å². The van der Waals surface area contributed by atoms with E-state index in [0.717, 1.165) is 44.1 Å². The van der Waals surface area contributed by atoms with Crippen molar-refractivity contribution >= 4 is 18.0 Å². The van der Waals surface area contributed by atoms with Crippen LogP contribution < -0.4 is 5.73 Å². The van der Waals surface area contributed by atoms with E-state index in [1.807, 2.05) is 6.29 Å². The van der Waals surface area contributed by atoms with E-state index in [9.17, 15) is 14.4 Å². The zero-order valence-corrected chi connectivity index (χ0v) is 17.6. The minimum absolute atomic E-state index is 0.00186. The van der Waals surface area contributed by atoms with Crippen molar-refractivity contribution in [1.82, 2.24) is 0 Å². The molecule has 0 saturated heterocycles. The second-order valence-corrected chi connectivity index (χ2v) is 7.75. The molecule has 0 saturated carbocycles. The highest BCUT2D eigenvalue weighted by Crippen LogP contribution is 2.16. The van der Waals surface area contributed by atoms with Gasteiger partial charge in [-0.05, 0) is 30.5 Å². The van der Waals surface area contributed by atoms with Crippen molar-refractivity contribution in [2.24, 2.45) is 5.73 Å². The van der Waals surface area contributed by atoms with Gasteiger partial charge in [0.1, 0.15) is 0 Å². The van der Waals surface area contributed by atoms with E-state index in [2.05, 4.69) is 0 Å². The summed E-state index contributed by atoms with van der Waals surface area (Å²) in [7, 11) is 0. The fourth-order valence-corrected chi connectivity index (χ4v) is 3.50. The van der Waals surface area contributed by atoms with Gasteiger partial charge in [0.15, 0.2) is 5.78 Å². The number of carboxylic acids is 1. The van der Waals surface area contributed by atoms with Crippen LogP contribution in [0.2, 0.25) is 0 Å². The molecule has 1 aromatic carbocycles. The fraction of sp³-hybridized carbons (Fsp3) is 0.625. The lowest BCUT2D eigenvalue weighted by Gasteiger charge is -2.06. The Morgan fingerprint density at radius 1 is 0.793 bits per heavy atom. The smallest absolute Gasteiger partial charge is 0.303 e.